The van der Waals surface area contributed by atoms with Crippen molar-refractivity contribution < 1.29 is 28.6 Å². The molecule has 0 amide bonds. The molecule has 0 aliphatic carbocycles. The summed E-state index contributed by atoms with van der Waals surface area (Å²) in [6.45, 7) is 8.99. The van der Waals surface area contributed by atoms with E-state index in [1.807, 2.05) is 0 Å². The molecule has 0 heterocycles. The van der Waals surface area contributed by atoms with Gasteiger partial charge >= 0.3 is 17.9 Å². The highest BCUT2D eigenvalue weighted by Gasteiger charge is 2.19. The van der Waals surface area contributed by atoms with Crippen molar-refractivity contribution in [1.82, 2.24) is 0 Å². The van der Waals surface area contributed by atoms with Gasteiger partial charge in [0.25, 0.3) is 0 Å². The Morgan fingerprint density at radius 1 is 0.333 bits per heavy atom. The number of unbranched alkanes of at least 4 members (excludes halogenated alkanes) is 33. The number of rotatable bonds is 46. The number of esters is 3. The standard InChI is InChI=1S/C51H98O6/c1-5-7-9-11-13-14-15-16-17-18-21-25-28-32-36-40-44-51(54)57-48(45-55-49(52)42-38-34-29-12-10-8-6-2)46-56-50(53)43-39-35-31-27-24-22-19-20-23-26-30-33-37-41-47(3)4/h47-48H,5-46H2,1-4H3/t48-/m1/s1. The molecule has 0 radical (unpaired) electrons. The van der Waals surface area contributed by atoms with Gasteiger partial charge in [0.05, 0.1) is 0 Å². The molecule has 0 saturated heterocycles. The Labute approximate surface area is 355 Å². The minimum atomic E-state index is -0.759. The minimum Gasteiger partial charge on any atom is -0.462 e. The van der Waals surface area contributed by atoms with Crippen molar-refractivity contribution in [3.63, 3.8) is 0 Å². The van der Waals surface area contributed by atoms with Gasteiger partial charge in [0.15, 0.2) is 6.10 Å². The molecule has 338 valence electrons. The fraction of sp³-hybridized carbons (Fsp3) is 0.941. The van der Waals surface area contributed by atoms with Gasteiger partial charge in [0, 0.05) is 19.3 Å². The lowest BCUT2D eigenvalue weighted by atomic mass is 10.0. The van der Waals surface area contributed by atoms with E-state index in [4.69, 9.17) is 14.2 Å². The maximum atomic E-state index is 12.7. The predicted molar refractivity (Wildman–Crippen MR) is 243 cm³/mol. The Morgan fingerprint density at radius 2 is 0.579 bits per heavy atom. The van der Waals surface area contributed by atoms with Crippen molar-refractivity contribution in [2.75, 3.05) is 13.2 Å². The van der Waals surface area contributed by atoms with E-state index in [1.54, 1.807) is 0 Å². The molecule has 0 aliphatic heterocycles. The summed E-state index contributed by atoms with van der Waals surface area (Å²) in [6.07, 6.45) is 46.7. The number of hydrogen-bond donors (Lipinski definition) is 0. The summed E-state index contributed by atoms with van der Waals surface area (Å²) in [6, 6.07) is 0. The highest BCUT2D eigenvalue weighted by Crippen LogP contribution is 2.17. The Kier molecular flexibility index (Phi) is 44.2. The van der Waals surface area contributed by atoms with Gasteiger partial charge < -0.3 is 14.2 Å². The van der Waals surface area contributed by atoms with Crippen molar-refractivity contribution in [1.29, 1.82) is 0 Å². The summed E-state index contributed by atoms with van der Waals surface area (Å²) in [5, 5.41) is 0. The first-order valence-corrected chi connectivity index (χ1v) is 25.4. The van der Waals surface area contributed by atoms with E-state index in [9.17, 15) is 14.4 Å². The average Bonchev–Trinajstić information content (AvgIpc) is 3.19. The first-order chi connectivity index (χ1) is 27.9. The van der Waals surface area contributed by atoms with Gasteiger partial charge in [0.2, 0.25) is 0 Å². The highest BCUT2D eigenvalue weighted by atomic mass is 16.6. The molecule has 0 fully saturated rings. The van der Waals surface area contributed by atoms with E-state index >= 15 is 0 Å². The van der Waals surface area contributed by atoms with E-state index < -0.39 is 6.10 Å². The van der Waals surface area contributed by atoms with Gasteiger partial charge in [-0.3, -0.25) is 14.4 Å². The third kappa shape index (κ3) is 45.3. The second kappa shape index (κ2) is 45.5. The van der Waals surface area contributed by atoms with Crippen LogP contribution in [0.2, 0.25) is 0 Å². The molecule has 1 atom stereocenters. The summed E-state index contributed by atoms with van der Waals surface area (Å²) < 4.78 is 16.7. The summed E-state index contributed by atoms with van der Waals surface area (Å²) in [4.78, 5) is 37.7. The molecule has 6 heteroatoms. The SMILES string of the molecule is CCCCCCCCCCCCCCCCCCC(=O)O[C@H](COC(=O)CCCCCCCCC)COC(=O)CCCCCCCCCCCCCCCC(C)C. The van der Waals surface area contributed by atoms with Gasteiger partial charge in [-0.2, -0.15) is 0 Å². The second-order valence-corrected chi connectivity index (χ2v) is 17.9. The predicted octanol–water partition coefficient (Wildman–Crippen LogP) is 16.3. The van der Waals surface area contributed by atoms with Crippen molar-refractivity contribution in [3.8, 4) is 0 Å². The second-order valence-electron chi connectivity index (χ2n) is 17.9. The van der Waals surface area contributed by atoms with Gasteiger partial charge in [-0.05, 0) is 25.2 Å². The molecule has 0 aromatic rings. The van der Waals surface area contributed by atoms with E-state index in [2.05, 4.69) is 27.7 Å². The maximum absolute atomic E-state index is 12.7. The van der Waals surface area contributed by atoms with Crippen LogP contribution < -0.4 is 0 Å². The first-order valence-electron chi connectivity index (χ1n) is 25.4. The first kappa shape index (κ1) is 55.4. The van der Waals surface area contributed by atoms with E-state index in [1.165, 1.54) is 180 Å². The lowest BCUT2D eigenvalue weighted by Gasteiger charge is -2.18. The molecule has 0 aromatic carbocycles. The van der Waals surface area contributed by atoms with Crippen LogP contribution in [0.4, 0.5) is 0 Å². The van der Waals surface area contributed by atoms with Gasteiger partial charge in [-0.1, -0.05) is 246 Å². The average molecular weight is 807 g/mol. The molecule has 6 nitrogen and oxygen atoms in total. The summed E-state index contributed by atoms with van der Waals surface area (Å²) >= 11 is 0. The Balaban J connectivity index is 4.20. The van der Waals surface area contributed by atoms with Crippen LogP contribution in [0.1, 0.15) is 285 Å². The molecule has 0 saturated carbocycles. The monoisotopic (exact) mass is 807 g/mol. The Morgan fingerprint density at radius 3 is 0.860 bits per heavy atom. The van der Waals surface area contributed by atoms with Crippen LogP contribution in [-0.2, 0) is 28.6 Å². The van der Waals surface area contributed by atoms with Crippen molar-refractivity contribution >= 4 is 17.9 Å². The van der Waals surface area contributed by atoms with Crippen molar-refractivity contribution in [2.45, 2.75) is 291 Å². The number of hydrogen-bond acceptors (Lipinski definition) is 6. The molecule has 0 unspecified atom stereocenters. The maximum Gasteiger partial charge on any atom is 0.306 e. The smallest absolute Gasteiger partial charge is 0.306 e. The molecular weight excluding hydrogens is 709 g/mol. The van der Waals surface area contributed by atoms with Crippen LogP contribution in [0, 0.1) is 5.92 Å². The topological polar surface area (TPSA) is 78.9 Å². The molecule has 0 spiro atoms. The van der Waals surface area contributed by atoms with Crippen LogP contribution >= 0.6 is 0 Å². The van der Waals surface area contributed by atoms with Crippen LogP contribution in [0.25, 0.3) is 0 Å². The van der Waals surface area contributed by atoms with Crippen LogP contribution in [0.15, 0.2) is 0 Å². The van der Waals surface area contributed by atoms with Crippen molar-refractivity contribution in [2.24, 2.45) is 5.92 Å². The fourth-order valence-electron chi connectivity index (χ4n) is 7.69. The van der Waals surface area contributed by atoms with Crippen molar-refractivity contribution in [3.05, 3.63) is 0 Å². The molecule has 0 N–H and O–H groups in total. The molecule has 0 rings (SSSR count). The Hall–Kier alpha value is -1.59. The molecule has 0 bridgehead atoms. The number of carbonyl (C=O) groups excluding carboxylic acids is 3. The third-order valence-corrected chi connectivity index (χ3v) is 11.5. The van der Waals surface area contributed by atoms with Gasteiger partial charge in [-0.15, -0.1) is 0 Å². The fourth-order valence-corrected chi connectivity index (χ4v) is 7.69. The third-order valence-electron chi connectivity index (χ3n) is 11.5. The normalized spacial score (nSPS) is 11.9. The molecule has 57 heavy (non-hydrogen) atoms. The zero-order valence-corrected chi connectivity index (χ0v) is 38.8. The molecule has 0 aliphatic rings. The zero-order chi connectivity index (χ0) is 41.7. The van der Waals surface area contributed by atoms with Gasteiger partial charge in [0.1, 0.15) is 13.2 Å². The van der Waals surface area contributed by atoms with Gasteiger partial charge in [-0.25, -0.2) is 0 Å². The molecule has 0 aromatic heterocycles. The van der Waals surface area contributed by atoms with Crippen LogP contribution in [-0.4, -0.2) is 37.2 Å². The van der Waals surface area contributed by atoms with Crippen LogP contribution in [0.3, 0.4) is 0 Å². The summed E-state index contributed by atoms with van der Waals surface area (Å²) in [5.74, 6) is -0.0124. The number of ether oxygens (including phenoxy) is 3. The van der Waals surface area contributed by atoms with E-state index in [0.29, 0.717) is 19.3 Å². The van der Waals surface area contributed by atoms with Crippen LogP contribution in [0.5, 0.6) is 0 Å². The van der Waals surface area contributed by atoms with E-state index in [0.717, 1.165) is 63.7 Å². The minimum absolute atomic E-state index is 0.0633. The Bertz CT molecular complexity index is 857. The highest BCUT2D eigenvalue weighted by molar-refractivity contribution is 5.71. The lowest BCUT2D eigenvalue weighted by Crippen LogP contribution is -2.30. The summed E-state index contributed by atoms with van der Waals surface area (Å²) in [7, 11) is 0. The molecular formula is C51H98O6. The zero-order valence-electron chi connectivity index (χ0n) is 38.8. The quantitative estimate of drug-likeness (QED) is 0.0346. The van der Waals surface area contributed by atoms with E-state index in [-0.39, 0.29) is 31.1 Å². The number of carbonyl (C=O) groups is 3. The lowest BCUT2D eigenvalue weighted by molar-refractivity contribution is -0.167. The largest absolute Gasteiger partial charge is 0.462 e. The summed E-state index contributed by atoms with van der Waals surface area (Å²) in [5.41, 5.74) is 0.